The van der Waals surface area contributed by atoms with E-state index in [2.05, 4.69) is 144 Å². The highest BCUT2D eigenvalue weighted by Crippen LogP contribution is 2.66. The molecule has 0 spiro atoms. The number of anilines is 2. The zero-order valence-electron chi connectivity index (χ0n) is 25.3. The fourth-order valence-electron chi connectivity index (χ4n) is 7.14. The summed E-state index contributed by atoms with van der Waals surface area (Å²) < 4.78 is 18.0. The monoisotopic (exact) mass is 608 g/mol. The van der Waals surface area contributed by atoms with Gasteiger partial charge in [0.15, 0.2) is 0 Å². The molecule has 0 amide bonds. The van der Waals surface area contributed by atoms with Crippen molar-refractivity contribution in [2.24, 2.45) is 0 Å². The molecule has 2 aliphatic heterocycles. The van der Waals surface area contributed by atoms with Gasteiger partial charge >= 0.3 is 0 Å². The van der Waals surface area contributed by atoms with E-state index < -0.39 is 7.29 Å². The third-order valence-corrected chi connectivity index (χ3v) is 12.4. The predicted octanol–water partition coefficient (Wildman–Crippen LogP) is 10.4. The van der Waals surface area contributed by atoms with E-state index in [1.165, 1.54) is 0 Å². The molecule has 0 N–H and O–H groups in total. The molecule has 4 heteroatoms. The lowest BCUT2D eigenvalue weighted by atomic mass is 9.94. The summed E-state index contributed by atoms with van der Waals surface area (Å²) in [5, 5.41) is 1.77. The number of nitrogens with zero attached hydrogens (tertiary/aromatic N) is 2. The summed E-state index contributed by atoms with van der Waals surface area (Å²) in [5.41, 5.74) is 14.1. The van der Waals surface area contributed by atoms with Crippen LogP contribution in [0.5, 0.6) is 0 Å². The van der Waals surface area contributed by atoms with Crippen molar-refractivity contribution in [3.63, 3.8) is 0 Å². The highest BCUT2D eigenvalue weighted by Gasteiger charge is 2.47. The first kappa shape index (κ1) is 26.9. The van der Waals surface area contributed by atoms with E-state index in [9.17, 15) is 0 Å². The molecule has 9 rings (SSSR count). The second-order valence-electron chi connectivity index (χ2n) is 12.1. The summed E-state index contributed by atoms with van der Waals surface area (Å²) in [4.78, 5) is 4.37. The molecule has 0 saturated heterocycles. The standard InChI is InChI=1S/C42H29N2OP/c1-28-23-34(27-43-26-28)31-17-15-30(16-18-31)33-20-22-40-38(25-33)36-12-6-8-14-42(36)46(45)41-13-7-5-11-35(41)37-24-32(19-21-39(37)44(40)46)29-9-3-2-4-10-29/h2-27H,1H3. The van der Waals surface area contributed by atoms with E-state index in [-0.39, 0.29) is 0 Å². The molecule has 0 radical (unpaired) electrons. The Bertz CT molecular complexity index is 2360. The number of aryl methyl sites for hydroxylation is 1. The lowest BCUT2D eigenvalue weighted by Crippen LogP contribution is -2.37. The number of rotatable bonds is 3. The molecule has 218 valence electrons. The van der Waals surface area contributed by atoms with E-state index in [1.807, 2.05) is 30.6 Å². The van der Waals surface area contributed by atoms with Crippen molar-refractivity contribution in [2.75, 3.05) is 4.67 Å². The minimum Gasteiger partial charge on any atom is -0.289 e. The van der Waals surface area contributed by atoms with Gasteiger partial charge in [-0.05, 0) is 93.9 Å². The largest absolute Gasteiger partial charge is 0.289 e. The van der Waals surface area contributed by atoms with Crippen molar-refractivity contribution in [3.05, 3.63) is 164 Å². The van der Waals surface area contributed by atoms with Gasteiger partial charge in [-0.15, -0.1) is 0 Å². The van der Waals surface area contributed by atoms with Crippen LogP contribution in [0.2, 0.25) is 0 Å². The van der Waals surface area contributed by atoms with E-state index in [0.717, 1.165) is 83.2 Å². The number of pyridine rings is 1. The van der Waals surface area contributed by atoms with Crippen LogP contribution in [0.3, 0.4) is 0 Å². The Morgan fingerprint density at radius 2 is 0.935 bits per heavy atom. The van der Waals surface area contributed by atoms with Gasteiger partial charge in [0.25, 0.3) is 0 Å². The van der Waals surface area contributed by atoms with Gasteiger partial charge < -0.3 is 0 Å². The predicted molar refractivity (Wildman–Crippen MR) is 192 cm³/mol. The number of benzene rings is 6. The Balaban J connectivity index is 1.23. The number of aromatic nitrogens is 1. The summed E-state index contributed by atoms with van der Waals surface area (Å²) in [6.07, 6.45) is 3.79. The SMILES string of the molecule is Cc1cncc(-c2ccc(-c3ccc4c(c3)-c3ccccc3P3(=O)c5ccccc5-c5cc(-c6ccccc6)ccc5N43)cc2)c1. The molecule has 46 heavy (non-hydrogen) atoms. The van der Waals surface area contributed by atoms with Gasteiger partial charge in [-0.3, -0.25) is 14.2 Å². The van der Waals surface area contributed by atoms with Crippen molar-refractivity contribution in [1.29, 1.82) is 0 Å². The summed E-state index contributed by atoms with van der Waals surface area (Å²) in [5.74, 6) is 0. The van der Waals surface area contributed by atoms with Crippen molar-refractivity contribution < 1.29 is 4.57 Å². The normalized spacial score (nSPS) is 15.6. The Morgan fingerprint density at radius 1 is 0.457 bits per heavy atom. The Labute approximate surface area is 268 Å². The van der Waals surface area contributed by atoms with Gasteiger partial charge in [-0.1, -0.05) is 103 Å². The van der Waals surface area contributed by atoms with Crippen LogP contribution in [0.1, 0.15) is 5.56 Å². The van der Waals surface area contributed by atoms with Crippen LogP contribution in [0.4, 0.5) is 11.4 Å². The van der Waals surface area contributed by atoms with E-state index in [4.69, 9.17) is 0 Å². The topological polar surface area (TPSA) is 33.2 Å². The van der Waals surface area contributed by atoms with E-state index >= 15 is 4.57 Å². The molecule has 0 aliphatic carbocycles. The zero-order valence-corrected chi connectivity index (χ0v) is 26.2. The van der Waals surface area contributed by atoms with Crippen molar-refractivity contribution in [2.45, 2.75) is 6.92 Å². The molecule has 3 heterocycles. The molecule has 7 aromatic rings. The summed E-state index contributed by atoms with van der Waals surface area (Å²) in [6, 6.07) is 51.0. The highest BCUT2D eigenvalue weighted by molar-refractivity contribution is 7.81. The van der Waals surface area contributed by atoms with Crippen LogP contribution in [-0.4, -0.2) is 4.98 Å². The molecule has 6 aromatic carbocycles. The number of fused-ring (bicyclic) bond motifs is 11. The quantitative estimate of drug-likeness (QED) is 0.187. The average molecular weight is 609 g/mol. The maximum Gasteiger partial charge on any atom is 0.235 e. The van der Waals surface area contributed by atoms with Crippen LogP contribution in [0.25, 0.3) is 55.6 Å². The van der Waals surface area contributed by atoms with Gasteiger partial charge in [0.1, 0.15) is 0 Å². The molecule has 2 aliphatic rings. The fraction of sp³-hybridized carbons (Fsp3) is 0.0238. The average Bonchev–Trinajstić information content (AvgIpc) is 3.12. The molecule has 1 aromatic heterocycles. The van der Waals surface area contributed by atoms with Crippen molar-refractivity contribution >= 4 is 29.3 Å². The van der Waals surface area contributed by atoms with Crippen molar-refractivity contribution in [3.8, 4) is 55.6 Å². The van der Waals surface area contributed by atoms with Crippen LogP contribution in [-0.2, 0) is 4.57 Å². The van der Waals surface area contributed by atoms with Crippen molar-refractivity contribution in [1.82, 2.24) is 4.98 Å². The first-order valence-corrected chi connectivity index (χ1v) is 17.2. The van der Waals surface area contributed by atoms with Crippen LogP contribution < -0.4 is 15.3 Å². The summed E-state index contributed by atoms with van der Waals surface area (Å²) in [7, 11) is -3.25. The molecule has 0 saturated carbocycles. The highest BCUT2D eigenvalue weighted by atomic mass is 31.2. The lowest BCUT2D eigenvalue weighted by molar-refractivity contribution is 0.586. The molecule has 3 nitrogen and oxygen atoms in total. The first-order chi connectivity index (χ1) is 22.6. The lowest BCUT2D eigenvalue weighted by Gasteiger charge is -2.44. The Kier molecular flexibility index (Phi) is 6.00. The third-order valence-electron chi connectivity index (χ3n) is 9.31. The first-order valence-electron chi connectivity index (χ1n) is 15.6. The van der Waals surface area contributed by atoms with Crippen LogP contribution >= 0.6 is 7.29 Å². The molecular formula is C42H29N2OP. The molecule has 0 fully saturated rings. The minimum absolute atomic E-state index is 0.882. The zero-order chi connectivity index (χ0) is 30.8. The summed E-state index contributed by atoms with van der Waals surface area (Å²) >= 11 is 0. The maximum atomic E-state index is 15.8. The van der Waals surface area contributed by atoms with Gasteiger partial charge in [-0.2, -0.15) is 0 Å². The molecule has 1 atom stereocenters. The molecule has 1 unspecified atom stereocenters. The second kappa shape index (κ2) is 10.3. The minimum atomic E-state index is -3.25. The van der Waals surface area contributed by atoms with Gasteiger partial charge in [0.2, 0.25) is 7.29 Å². The number of hydrogen-bond acceptors (Lipinski definition) is 2. The van der Waals surface area contributed by atoms with E-state index in [1.54, 1.807) is 0 Å². The fourth-order valence-corrected chi connectivity index (χ4v) is 10.4. The third kappa shape index (κ3) is 3.99. The second-order valence-corrected chi connectivity index (χ2v) is 14.6. The Hall–Kier alpha value is -5.50. The maximum absolute atomic E-state index is 15.8. The molecule has 0 bridgehead atoms. The van der Waals surface area contributed by atoms with Gasteiger partial charge in [-0.25, -0.2) is 0 Å². The summed E-state index contributed by atoms with van der Waals surface area (Å²) in [6.45, 7) is 2.07. The van der Waals surface area contributed by atoms with Gasteiger partial charge in [0.05, 0.1) is 11.4 Å². The van der Waals surface area contributed by atoms with E-state index in [0.29, 0.717) is 0 Å². The molecular weight excluding hydrogens is 579 g/mol. The van der Waals surface area contributed by atoms with Crippen LogP contribution in [0.15, 0.2) is 158 Å². The Morgan fingerprint density at radius 3 is 1.50 bits per heavy atom. The van der Waals surface area contributed by atoms with Crippen LogP contribution in [0, 0.1) is 6.92 Å². The number of hydrogen-bond donors (Lipinski definition) is 0. The smallest absolute Gasteiger partial charge is 0.235 e. The van der Waals surface area contributed by atoms with Gasteiger partial charge in [0, 0.05) is 39.7 Å².